The highest BCUT2D eigenvalue weighted by Crippen LogP contribution is 2.13. The minimum Gasteiger partial charge on any atom is -0.492 e. The molecule has 3 nitrogen and oxygen atoms in total. The molecule has 0 radical (unpaired) electrons. The molecular formula is C17H24N2OS. The van der Waals surface area contributed by atoms with E-state index in [2.05, 4.69) is 46.9 Å². The summed E-state index contributed by atoms with van der Waals surface area (Å²) in [6.07, 6.45) is 1.12. The fourth-order valence-corrected chi connectivity index (χ4v) is 2.83. The van der Waals surface area contributed by atoms with Crippen LogP contribution in [0, 0.1) is 0 Å². The van der Waals surface area contributed by atoms with Crippen molar-refractivity contribution in [1.29, 1.82) is 0 Å². The summed E-state index contributed by atoms with van der Waals surface area (Å²) in [5.74, 6) is 0.953. The molecule has 2 rings (SSSR count). The maximum atomic E-state index is 5.83. The smallest absolute Gasteiger partial charge is 0.119 e. The van der Waals surface area contributed by atoms with E-state index < -0.39 is 0 Å². The van der Waals surface area contributed by atoms with Gasteiger partial charge in [-0.25, -0.2) is 0 Å². The Morgan fingerprint density at radius 1 is 1.19 bits per heavy atom. The molecule has 1 N–H and O–H groups in total. The van der Waals surface area contributed by atoms with Crippen LogP contribution in [0.25, 0.3) is 0 Å². The molecule has 21 heavy (non-hydrogen) atoms. The molecular weight excluding hydrogens is 280 g/mol. The number of hydrogen-bond acceptors (Lipinski definition) is 4. The lowest BCUT2D eigenvalue weighted by Crippen LogP contribution is -2.26. The number of thiophene rings is 1. The molecule has 0 unspecified atom stereocenters. The van der Waals surface area contributed by atoms with Crippen LogP contribution in [0.3, 0.4) is 0 Å². The zero-order valence-corrected chi connectivity index (χ0v) is 13.7. The van der Waals surface area contributed by atoms with Gasteiger partial charge in [-0.1, -0.05) is 18.2 Å². The lowest BCUT2D eigenvalue weighted by atomic mass is 10.2. The Bertz CT molecular complexity index is 513. The lowest BCUT2D eigenvalue weighted by Gasteiger charge is -2.16. The van der Waals surface area contributed by atoms with Crippen LogP contribution >= 0.6 is 11.3 Å². The van der Waals surface area contributed by atoms with Crippen molar-refractivity contribution in [2.24, 2.45) is 0 Å². The third-order valence-corrected chi connectivity index (χ3v) is 4.28. The molecule has 2 aromatic rings. The van der Waals surface area contributed by atoms with E-state index in [1.54, 1.807) is 0 Å². The van der Waals surface area contributed by atoms with Crippen molar-refractivity contribution >= 4 is 11.3 Å². The van der Waals surface area contributed by atoms with E-state index in [-0.39, 0.29) is 0 Å². The van der Waals surface area contributed by atoms with Crippen LogP contribution in [-0.2, 0) is 13.0 Å². The average Bonchev–Trinajstić information content (AvgIpc) is 2.99. The summed E-state index contributed by atoms with van der Waals surface area (Å²) < 4.78 is 5.83. The van der Waals surface area contributed by atoms with Gasteiger partial charge < -0.3 is 15.0 Å². The second-order valence-electron chi connectivity index (χ2n) is 5.16. The van der Waals surface area contributed by atoms with E-state index in [1.807, 2.05) is 30.5 Å². The number of hydrogen-bond donors (Lipinski definition) is 1. The first-order valence-corrected chi connectivity index (χ1v) is 8.23. The summed E-state index contributed by atoms with van der Waals surface area (Å²) in [5, 5.41) is 5.29. The molecule has 0 saturated carbocycles. The second kappa shape index (κ2) is 8.82. The predicted octanol–water partition coefficient (Wildman–Crippen LogP) is 3.02. The zero-order valence-electron chi connectivity index (χ0n) is 12.8. The van der Waals surface area contributed by atoms with Crippen LogP contribution in [-0.4, -0.2) is 38.7 Å². The number of nitrogens with one attached hydrogen (secondary N) is 1. The van der Waals surface area contributed by atoms with E-state index in [1.165, 1.54) is 10.4 Å². The summed E-state index contributed by atoms with van der Waals surface area (Å²) in [4.78, 5) is 3.76. The minimum atomic E-state index is 0.726. The SMILES string of the molecule is CNCc1cccc(OCCN(C)CCc2cccs2)c1. The van der Waals surface area contributed by atoms with E-state index in [0.29, 0.717) is 0 Å². The summed E-state index contributed by atoms with van der Waals surface area (Å²) in [6, 6.07) is 12.6. The number of benzene rings is 1. The molecule has 0 aliphatic rings. The first-order chi connectivity index (χ1) is 10.3. The van der Waals surface area contributed by atoms with Gasteiger partial charge in [0, 0.05) is 24.5 Å². The molecule has 0 spiro atoms. The van der Waals surface area contributed by atoms with Crippen molar-refractivity contribution in [3.63, 3.8) is 0 Å². The maximum Gasteiger partial charge on any atom is 0.119 e. The van der Waals surface area contributed by atoms with Gasteiger partial charge in [-0.3, -0.25) is 0 Å². The Kier molecular flexibility index (Phi) is 6.73. The highest BCUT2D eigenvalue weighted by Gasteiger charge is 2.01. The molecule has 1 aromatic heterocycles. The van der Waals surface area contributed by atoms with Crippen molar-refractivity contribution in [1.82, 2.24) is 10.2 Å². The number of ether oxygens (including phenoxy) is 1. The monoisotopic (exact) mass is 304 g/mol. The van der Waals surface area contributed by atoms with Gasteiger partial charge in [-0.05, 0) is 49.7 Å². The Labute approximate surface area is 131 Å². The van der Waals surface area contributed by atoms with Crippen LogP contribution < -0.4 is 10.1 Å². The highest BCUT2D eigenvalue weighted by atomic mass is 32.1. The largest absolute Gasteiger partial charge is 0.492 e. The molecule has 114 valence electrons. The summed E-state index contributed by atoms with van der Waals surface area (Å²) in [5.41, 5.74) is 1.25. The first-order valence-electron chi connectivity index (χ1n) is 7.35. The molecule has 0 fully saturated rings. The standard InChI is InChI=1S/C17H24N2OS/c1-18-14-15-5-3-6-16(13-15)20-11-10-19(2)9-8-17-7-4-12-21-17/h3-7,12-13,18H,8-11,14H2,1-2H3. The van der Waals surface area contributed by atoms with Crippen molar-refractivity contribution in [2.75, 3.05) is 33.8 Å². The van der Waals surface area contributed by atoms with E-state index in [9.17, 15) is 0 Å². The van der Waals surface area contributed by atoms with Gasteiger partial charge in [0.15, 0.2) is 0 Å². The van der Waals surface area contributed by atoms with Gasteiger partial charge in [0.1, 0.15) is 12.4 Å². The van der Waals surface area contributed by atoms with Gasteiger partial charge in [-0.2, -0.15) is 0 Å². The second-order valence-corrected chi connectivity index (χ2v) is 6.19. The Balaban J connectivity index is 1.67. The van der Waals surface area contributed by atoms with Crippen LogP contribution in [0.5, 0.6) is 5.75 Å². The zero-order chi connectivity index (χ0) is 14.9. The van der Waals surface area contributed by atoms with Crippen LogP contribution in [0.4, 0.5) is 0 Å². The Morgan fingerprint density at radius 2 is 2.10 bits per heavy atom. The average molecular weight is 304 g/mol. The lowest BCUT2D eigenvalue weighted by molar-refractivity contribution is 0.239. The number of likely N-dealkylation sites (N-methyl/N-ethyl adjacent to an activating group) is 1. The van der Waals surface area contributed by atoms with Gasteiger partial charge in [-0.15, -0.1) is 11.3 Å². The molecule has 0 aliphatic carbocycles. The molecule has 1 aromatic carbocycles. The fourth-order valence-electron chi connectivity index (χ4n) is 2.14. The van der Waals surface area contributed by atoms with Crippen molar-refractivity contribution in [2.45, 2.75) is 13.0 Å². The Morgan fingerprint density at radius 3 is 2.86 bits per heavy atom. The molecule has 4 heteroatoms. The highest BCUT2D eigenvalue weighted by molar-refractivity contribution is 7.09. The molecule has 0 aliphatic heterocycles. The van der Waals surface area contributed by atoms with Crippen molar-refractivity contribution in [3.8, 4) is 5.75 Å². The van der Waals surface area contributed by atoms with Gasteiger partial charge >= 0.3 is 0 Å². The van der Waals surface area contributed by atoms with Gasteiger partial charge in [0.05, 0.1) is 0 Å². The van der Waals surface area contributed by atoms with Gasteiger partial charge in [0.25, 0.3) is 0 Å². The summed E-state index contributed by atoms with van der Waals surface area (Å²) >= 11 is 1.83. The summed E-state index contributed by atoms with van der Waals surface area (Å²) in [6.45, 7) is 3.62. The molecule has 0 amide bonds. The first kappa shape index (κ1) is 16.0. The van der Waals surface area contributed by atoms with Crippen LogP contribution in [0.15, 0.2) is 41.8 Å². The number of nitrogens with zero attached hydrogens (tertiary/aromatic N) is 1. The van der Waals surface area contributed by atoms with Crippen molar-refractivity contribution < 1.29 is 4.74 Å². The normalized spacial score (nSPS) is 11.0. The molecule has 0 atom stereocenters. The third kappa shape index (κ3) is 5.87. The van der Waals surface area contributed by atoms with Crippen LogP contribution in [0.1, 0.15) is 10.4 Å². The molecule has 0 bridgehead atoms. The van der Waals surface area contributed by atoms with E-state index in [4.69, 9.17) is 4.74 Å². The van der Waals surface area contributed by atoms with Crippen molar-refractivity contribution in [3.05, 3.63) is 52.2 Å². The topological polar surface area (TPSA) is 24.5 Å². The fraction of sp³-hybridized carbons (Fsp3) is 0.412. The van der Waals surface area contributed by atoms with E-state index in [0.717, 1.165) is 38.4 Å². The number of rotatable bonds is 9. The maximum absolute atomic E-state index is 5.83. The summed E-state index contributed by atoms with van der Waals surface area (Å²) in [7, 11) is 4.10. The van der Waals surface area contributed by atoms with Gasteiger partial charge in [0.2, 0.25) is 0 Å². The quantitative estimate of drug-likeness (QED) is 0.771. The molecule has 0 saturated heterocycles. The Hall–Kier alpha value is -1.36. The predicted molar refractivity (Wildman–Crippen MR) is 90.2 cm³/mol. The molecule has 1 heterocycles. The minimum absolute atomic E-state index is 0.726. The van der Waals surface area contributed by atoms with Crippen LogP contribution in [0.2, 0.25) is 0 Å². The van der Waals surface area contributed by atoms with E-state index >= 15 is 0 Å². The third-order valence-electron chi connectivity index (χ3n) is 3.34.